The molecule has 1 N–H and O–H groups in total. The summed E-state index contributed by atoms with van der Waals surface area (Å²) in [6.45, 7) is 2.08. The van der Waals surface area contributed by atoms with E-state index < -0.39 is 6.36 Å². The van der Waals surface area contributed by atoms with Crippen LogP contribution in [-0.2, 0) is 11.3 Å². The lowest BCUT2D eigenvalue weighted by molar-refractivity contribution is -0.274. The Labute approximate surface area is 182 Å². The van der Waals surface area contributed by atoms with Crippen LogP contribution in [0.15, 0.2) is 30.6 Å². The van der Waals surface area contributed by atoms with Gasteiger partial charge in [0.2, 0.25) is 5.95 Å². The number of nitrogens with one attached hydrogen (secondary N) is 1. The predicted octanol–water partition coefficient (Wildman–Crippen LogP) is 3.60. The third-order valence-electron chi connectivity index (χ3n) is 4.96. The molecule has 0 radical (unpaired) electrons. The zero-order chi connectivity index (χ0) is 22.6. The van der Waals surface area contributed by atoms with Crippen molar-refractivity contribution in [3.8, 4) is 11.5 Å². The van der Waals surface area contributed by atoms with E-state index in [4.69, 9.17) is 9.47 Å². The van der Waals surface area contributed by atoms with Gasteiger partial charge in [-0.05, 0) is 42.9 Å². The highest BCUT2D eigenvalue weighted by Gasteiger charge is 2.31. The smallest absolute Gasteiger partial charge is 0.493 e. The number of anilines is 1. The van der Waals surface area contributed by atoms with Crippen LogP contribution < -0.4 is 14.8 Å². The molecule has 1 aliphatic heterocycles. The summed E-state index contributed by atoms with van der Waals surface area (Å²) in [6.07, 6.45) is 0.904. The number of nitrogens with zero attached hydrogens (tertiary/aromatic N) is 3. The van der Waals surface area contributed by atoms with E-state index in [1.54, 1.807) is 11.0 Å². The summed E-state index contributed by atoms with van der Waals surface area (Å²) >= 11 is 0. The summed E-state index contributed by atoms with van der Waals surface area (Å²) in [5, 5.41) is 2.94. The van der Waals surface area contributed by atoms with Crippen LogP contribution in [0.1, 0.15) is 35.2 Å². The van der Waals surface area contributed by atoms with Crippen LogP contribution in [0.2, 0.25) is 0 Å². The standard InChI is InChI=1S/C21H23F3N4O4/c22-21(23,24)32-18-7-15(6-17(8-18)31-12-14-2-3-14)9-25-20-26-10-16(11-27-20)19(29)28-4-1-5-30-13-28/h6-8,10-11,14H,1-5,9,12-13H2,(H,25,26,27). The summed E-state index contributed by atoms with van der Waals surface area (Å²) in [6, 6.07) is 4.15. The van der Waals surface area contributed by atoms with Gasteiger partial charge in [0, 0.05) is 31.5 Å². The minimum absolute atomic E-state index is 0.141. The number of hydrogen-bond donors (Lipinski definition) is 1. The van der Waals surface area contributed by atoms with Gasteiger partial charge in [-0.2, -0.15) is 0 Å². The zero-order valence-electron chi connectivity index (χ0n) is 17.2. The molecular formula is C21H23F3N4O4. The molecule has 1 aliphatic carbocycles. The van der Waals surface area contributed by atoms with E-state index in [1.165, 1.54) is 24.5 Å². The molecule has 2 aromatic rings. The second-order valence-corrected chi connectivity index (χ2v) is 7.72. The molecule has 8 nitrogen and oxygen atoms in total. The normalized spacial score (nSPS) is 16.5. The third kappa shape index (κ3) is 6.46. The number of hydrogen-bond acceptors (Lipinski definition) is 7. The molecular weight excluding hydrogens is 429 g/mol. The molecule has 1 saturated carbocycles. The van der Waals surface area contributed by atoms with Gasteiger partial charge in [0.1, 0.15) is 18.2 Å². The number of carbonyl (C=O) groups excluding carboxylic acids is 1. The average Bonchev–Trinajstić information content (AvgIpc) is 3.60. The fourth-order valence-electron chi connectivity index (χ4n) is 3.16. The van der Waals surface area contributed by atoms with Crippen molar-refractivity contribution in [3.63, 3.8) is 0 Å². The van der Waals surface area contributed by atoms with Crippen molar-refractivity contribution in [1.82, 2.24) is 14.9 Å². The maximum atomic E-state index is 12.7. The van der Waals surface area contributed by atoms with Crippen LogP contribution in [0.4, 0.5) is 19.1 Å². The predicted molar refractivity (Wildman–Crippen MR) is 107 cm³/mol. The highest BCUT2D eigenvalue weighted by molar-refractivity contribution is 5.93. The van der Waals surface area contributed by atoms with Crippen LogP contribution >= 0.6 is 0 Å². The number of benzene rings is 1. The zero-order valence-corrected chi connectivity index (χ0v) is 17.2. The van der Waals surface area contributed by atoms with Gasteiger partial charge in [-0.15, -0.1) is 13.2 Å². The second-order valence-electron chi connectivity index (χ2n) is 7.72. The Hall–Kier alpha value is -3.08. The first-order valence-electron chi connectivity index (χ1n) is 10.3. The van der Waals surface area contributed by atoms with E-state index in [2.05, 4.69) is 20.0 Å². The fraction of sp³-hybridized carbons (Fsp3) is 0.476. The highest BCUT2D eigenvalue weighted by atomic mass is 19.4. The Morgan fingerprint density at radius 2 is 1.94 bits per heavy atom. The molecule has 0 bridgehead atoms. The number of carbonyl (C=O) groups is 1. The van der Waals surface area contributed by atoms with Crippen molar-refractivity contribution < 1.29 is 32.2 Å². The first-order chi connectivity index (χ1) is 15.4. The number of ether oxygens (including phenoxy) is 3. The van der Waals surface area contributed by atoms with Gasteiger partial charge < -0.3 is 24.4 Å². The molecule has 172 valence electrons. The Kier molecular flexibility index (Phi) is 6.63. The number of aromatic nitrogens is 2. The van der Waals surface area contributed by atoms with Crippen molar-refractivity contribution in [2.24, 2.45) is 5.92 Å². The van der Waals surface area contributed by atoms with E-state index in [0.717, 1.165) is 19.3 Å². The van der Waals surface area contributed by atoms with Crippen LogP contribution in [0.25, 0.3) is 0 Å². The molecule has 2 aliphatic rings. The molecule has 0 unspecified atom stereocenters. The lowest BCUT2D eigenvalue weighted by Gasteiger charge is -2.26. The minimum Gasteiger partial charge on any atom is -0.493 e. The molecule has 1 aromatic carbocycles. The van der Waals surface area contributed by atoms with Crippen LogP contribution in [0, 0.1) is 5.92 Å². The average molecular weight is 452 g/mol. The number of rotatable bonds is 8. The second kappa shape index (κ2) is 9.60. The van der Waals surface area contributed by atoms with E-state index >= 15 is 0 Å². The maximum Gasteiger partial charge on any atom is 0.573 e. The molecule has 0 spiro atoms. The van der Waals surface area contributed by atoms with Crippen molar-refractivity contribution in [1.29, 1.82) is 0 Å². The van der Waals surface area contributed by atoms with Gasteiger partial charge >= 0.3 is 6.36 Å². The summed E-state index contributed by atoms with van der Waals surface area (Å²) in [4.78, 5) is 22.3. The summed E-state index contributed by atoms with van der Waals surface area (Å²) in [7, 11) is 0. The number of amides is 1. The van der Waals surface area contributed by atoms with Crippen molar-refractivity contribution >= 4 is 11.9 Å². The number of halogens is 3. The molecule has 1 aromatic heterocycles. The summed E-state index contributed by atoms with van der Waals surface area (Å²) in [5.74, 6) is 0.425. The molecule has 1 saturated heterocycles. The topological polar surface area (TPSA) is 85.8 Å². The monoisotopic (exact) mass is 452 g/mol. The van der Waals surface area contributed by atoms with Gasteiger partial charge in [0.15, 0.2) is 0 Å². The maximum absolute atomic E-state index is 12.7. The van der Waals surface area contributed by atoms with E-state index in [0.29, 0.717) is 42.6 Å². The molecule has 2 heterocycles. The Morgan fingerprint density at radius 1 is 1.19 bits per heavy atom. The highest BCUT2D eigenvalue weighted by Crippen LogP contribution is 2.32. The van der Waals surface area contributed by atoms with E-state index in [1.807, 2.05) is 0 Å². The van der Waals surface area contributed by atoms with Gasteiger partial charge in [0.05, 0.1) is 18.8 Å². The molecule has 0 atom stereocenters. The van der Waals surface area contributed by atoms with Crippen molar-refractivity contribution in [3.05, 3.63) is 41.7 Å². The first kappa shape index (κ1) is 22.1. The molecule has 4 rings (SSSR count). The first-order valence-corrected chi connectivity index (χ1v) is 10.3. The van der Waals surface area contributed by atoms with Crippen LogP contribution in [0.5, 0.6) is 11.5 Å². The quantitative estimate of drug-likeness (QED) is 0.655. The summed E-state index contributed by atoms with van der Waals surface area (Å²) in [5.41, 5.74) is 0.837. The lowest BCUT2D eigenvalue weighted by Crippen LogP contribution is -2.38. The number of alkyl halides is 3. The molecule has 1 amide bonds. The molecule has 32 heavy (non-hydrogen) atoms. The Morgan fingerprint density at radius 3 is 2.59 bits per heavy atom. The van der Waals surface area contributed by atoms with E-state index in [-0.39, 0.29) is 30.9 Å². The Bertz CT molecular complexity index is 930. The Balaban J connectivity index is 1.39. The van der Waals surface area contributed by atoms with Crippen molar-refractivity contribution in [2.75, 3.05) is 31.8 Å². The van der Waals surface area contributed by atoms with E-state index in [9.17, 15) is 18.0 Å². The fourth-order valence-corrected chi connectivity index (χ4v) is 3.16. The van der Waals surface area contributed by atoms with Gasteiger partial charge in [0.25, 0.3) is 5.91 Å². The SMILES string of the molecule is O=C(c1cnc(NCc2cc(OCC3CC3)cc(OC(F)(F)F)c2)nc1)N1CCCOC1. The third-order valence-corrected chi connectivity index (χ3v) is 4.96. The van der Waals surface area contributed by atoms with Crippen LogP contribution in [0.3, 0.4) is 0 Å². The van der Waals surface area contributed by atoms with Crippen LogP contribution in [-0.4, -0.2) is 53.6 Å². The largest absolute Gasteiger partial charge is 0.573 e. The van der Waals surface area contributed by atoms with Gasteiger partial charge in [-0.25, -0.2) is 9.97 Å². The molecule has 2 fully saturated rings. The van der Waals surface area contributed by atoms with Gasteiger partial charge in [-0.1, -0.05) is 0 Å². The summed E-state index contributed by atoms with van der Waals surface area (Å²) < 4.78 is 53.0. The van der Waals surface area contributed by atoms with Crippen molar-refractivity contribution in [2.45, 2.75) is 32.2 Å². The minimum atomic E-state index is -4.80. The van der Waals surface area contributed by atoms with Gasteiger partial charge in [-0.3, -0.25) is 4.79 Å². The lowest BCUT2D eigenvalue weighted by atomic mass is 10.2. The molecule has 11 heteroatoms.